The molecule has 0 heterocycles. The molecule has 0 aliphatic rings. The third-order valence-corrected chi connectivity index (χ3v) is 0. The molecule has 0 fully saturated rings. The molecule has 19 nitrogen and oxygen atoms in total. The second kappa shape index (κ2) is 246. The van der Waals surface area contributed by atoms with Gasteiger partial charge < -0.3 is 103 Å². The minimum atomic E-state index is -0.250. The van der Waals surface area contributed by atoms with Gasteiger partial charge in [-0.15, -0.1) is 0 Å². The summed E-state index contributed by atoms with van der Waals surface area (Å²) < 4.78 is 0. The molecule has 0 rings (SSSR count). The molecule has 19 heteroatoms. The summed E-state index contributed by atoms with van der Waals surface area (Å²) in [6.07, 6.45) is 0. The molecule has 0 spiro atoms. The lowest BCUT2D eigenvalue weighted by atomic mass is 11.4. The highest BCUT2D eigenvalue weighted by molar-refractivity contribution is 3.78. The summed E-state index contributed by atoms with van der Waals surface area (Å²) in [5.41, 5.74) is 39.6. The molecule has 0 aliphatic heterocycles. The smallest absolute Gasteiger partial charge is 0.0906 e. The van der Waals surface area contributed by atoms with Crippen molar-refractivity contribution in [3.63, 3.8) is 0 Å². The lowest BCUT2D eigenvalue weighted by molar-refractivity contribution is 0.307. The zero-order valence-electron chi connectivity index (χ0n) is 16.1. The fraction of sp³-hybridized carbons (Fsp3) is 1.00. The van der Waals surface area contributed by atoms with Crippen molar-refractivity contribution in [2.45, 2.75) is 0 Å². The van der Waals surface area contributed by atoms with Gasteiger partial charge in [-0.05, 0) is 0 Å². The molecule has 0 aliphatic carbocycles. The van der Waals surface area contributed by atoms with Crippen LogP contribution < -0.4 is 51.6 Å². The molecule has 0 aromatic heterocycles. The van der Waals surface area contributed by atoms with Crippen LogP contribution in [0.25, 0.3) is 0 Å². The van der Waals surface area contributed by atoms with E-state index in [4.69, 9.17) is 46.0 Å². The number of hydrogen-bond donors (Lipinski definition) is 18. The van der Waals surface area contributed by atoms with E-state index in [2.05, 4.69) is 51.6 Å². The van der Waals surface area contributed by atoms with Gasteiger partial charge in [0.25, 0.3) is 0 Å². The quantitative estimate of drug-likeness (QED) is 0.155. The van der Waals surface area contributed by atoms with Crippen LogP contribution in [0, 0.1) is 0 Å². The Morgan fingerprint density at radius 1 is 0.250 bits per heavy atom. The summed E-state index contributed by atoms with van der Waals surface area (Å²) in [6.45, 7) is -2.25. The first-order chi connectivity index (χ1) is 12.7. The van der Waals surface area contributed by atoms with E-state index in [1.807, 2.05) is 0 Å². The van der Waals surface area contributed by atoms with Crippen molar-refractivity contribution >= 4 is 0 Å². The van der Waals surface area contributed by atoms with Crippen LogP contribution in [0.4, 0.5) is 0 Å². The highest BCUT2D eigenvalue weighted by Gasteiger charge is 1.33. The van der Waals surface area contributed by atoms with E-state index in [0.29, 0.717) is 0 Å². The highest BCUT2D eigenvalue weighted by Crippen LogP contribution is 1.06. The van der Waals surface area contributed by atoms with Crippen LogP contribution in [0.3, 0.4) is 0 Å². The number of aliphatic hydroxyl groups is 9. The molecule has 0 bridgehead atoms. The molecule has 0 saturated heterocycles. The zero-order valence-corrected chi connectivity index (χ0v) is 16.1. The molecular formula is C9H47N9O10. The number of nitrogens with two attached hydrogens (primary N) is 9. The van der Waals surface area contributed by atoms with Crippen LogP contribution in [-0.2, 0) is 0 Å². The first-order valence-corrected chi connectivity index (χ1v) is 6.52. The van der Waals surface area contributed by atoms with Gasteiger partial charge in [-0.2, -0.15) is 0 Å². The van der Waals surface area contributed by atoms with Gasteiger partial charge in [-0.25, -0.2) is 0 Å². The van der Waals surface area contributed by atoms with Crippen LogP contribution in [0.5, 0.6) is 0 Å². The van der Waals surface area contributed by atoms with Crippen molar-refractivity contribution in [2.75, 3.05) is 60.6 Å². The average molecular weight is 442 g/mol. The third-order valence-electron chi connectivity index (χ3n) is 0. The van der Waals surface area contributed by atoms with Crippen LogP contribution in [-0.4, -0.2) is 112 Å². The summed E-state index contributed by atoms with van der Waals surface area (Å²) in [6, 6.07) is 0. The average Bonchev–Trinajstić information content (AvgIpc) is 2.53. The molecule has 0 saturated carbocycles. The molecule has 28 heavy (non-hydrogen) atoms. The van der Waals surface area contributed by atoms with Crippen molar-refractivity contribution in [1.82, 2.24) is 0 Å². The van der Waals surface area contributed by atoms with Crippen LogP contribution >= 0.6 is 0 Å². The summed E-state index contributed by atoms with van der Waals surface area (Å²) >= 11 is 0. The van der Waals surface area contributed by atoms with Gasteiger partial charge in [-0.1, -0.05) is 0 Å². The summed E-state index contributed by atoms with van der Waals surface area (Å²) in [5.74, 6) is 0. The molecule has 0 aromatic rings. The van der Waals surface area contributed by atoms with E-state index < -0.39 is 0 Å². The molecule has 0 unspecified atom stereocenters. The first-order valence-electron chi connectivity index (χ1n) is 6.52. The predicted molar refractivity (Wildman–Crippen MR) is 105 cm³/mol. The molecule has 0 atom stereocenters. The zero-order chi connectivity index (χ0) is 24.4. The fourth-order valence-electron chi connectivity index (χ4n) is 0. The van der Waals surface area contributed by atoms with E-state index >= 15 is 0 Å². The Hall–Kier alpha value is -0.760. The van der Waals surface area contributed by atoms with Gasteiger partial charge in [0, 0.05) is 0 Å². The Balaban J connectivity index is -0.0000000162. The molecule has 29 N–H and O–H groups in total. The molecule has 0 radical (unpaired) electrons. The van der Waals surface area contributed by atoms with E-state index in [9.17, 15) is 0 Å². The van der Waals surface area contributed by atoms with E-state index in [0.717, 1.165) is 0 Å². The summed E-state index contributed by atoms with van der Waals surface area (Å²) in [7, 11) is 0. The molecule has 0 amide bonds. The van der Waals surface area contributed by atoms with E-state index in [1.54, 1.807) is 0 Å². The molecular weight excluding hydrogens is 394 g/mol. The Kier molecular flexibility index (Phi) is 555. The van der Waals surface area contributed by atoms with Crippen molar-refractivity contribution in [3.05, 3.63) is 0 Å². The minimum Gasteiger partial charge on any atom is -0.412 e. The van der Waals surface area contributed by atoms with Crippen LogP contribution in [0.15, 0.2) is 0 Å². The van der Waals surface area contributed by atoms with Crippen molar-refractivity contribution in [1.29, 1.82) is 0 Å². The Labute approximate surface area is 164 Å². The normalized spacial score (nSPS) is 5.79. The Morgan fingerprint density at radius 3 is 0.250 bits per heavy atom. The van der Waals surface area contributed by atoms with Gasteiger partial charge in [0.2, 0.25) is 0 Å². The second-order valence-electron chi connectivity index (χ2n) is 1.64. The lowest BCUT2D eigenvalue weighted by Crippen LogP contribution is -1.92. The predicted octanol–water partition coefficient (Wildman–Crippen LogP) is -10.8. The Bertz CT molecular complexity index is 72.9. The molecule has 0 aromatic carbocycles. The molecule has 188 valence electrons. The summed E-state index contributed by atoms with van der Waals surface area (Å²) in [5, 5.41) is 66.1. The standard InChI is InChI=1S/9CH5NO.H2O/c9*2-1-3;/h9*3H,1-2H2;1H2. The number of hydrogen-bond acceptors (Lipinski definition) is 18. The van der Waals surface area contributed by atoms with Gasteiger partial charge in [0.05, 0.1) is 60.6 Å². The fourth-order valence-corrected chi connectivity index (χ4v) is 0. The first kappa shape index (κ1) is 63.1. The minimum absolute atomic E-state index is 0. The van der Waals surface area contributed by atoms with Gasteiger partial charge >= 0.3 is 0 Å². The maximum absolute atomic E-state index is 7.35. The second-order valence-corrected chi connectivity index (χ2v) is 1.64. The van der Waals surface area contributed by atoms with E-state index in [1.165, 1.54) is 0 Å². The lowest BCUT2D eigenvalue weighted by Gasteiger charge is -1.56. The van der Waals surface area contributed by atoms with Crippen molar-refractivity contribution < 1.29 is 51.4 Å². The van der Waals surface area contributed by atoms with Crippen molar-refractivity contribution in [3.8, 4) is 0 Å². The van der Waals surface area contributed by atoms with Gasteiger partial charge in [-0.3, -0.25) is 0 Å². The largest absolute Gasteiger partial charge is 0.412 e. The Morgan fingerprint density at radius 2 is 0.250 bits per heavy atom. The van der Waals surface area contributed by atoms with Crippen LogP contribution in [0.1, 0.15) is 0 Å². The highest BCUT2D eigenvalue weighted by atomic mass is 16.3. The maximum Gasteiger partial charge on any atom is 0.0906 e. The van der Waals surface area contributed by atoms with E-state index in [-0.39, 0.29) is 66.1 Å². The van der Waals surface area contributed by atoms with Gasteiger partial charge in [0.15, 0.2) is 0 Å². The number of aliphatic hydroxyl groups excluding tert-OH is 9. The number of rotatable bonds is 0. The van der Waals surface area contributed by atoms with Gasteiger partial charge in [0.1, 0.15) is 0 Å². The SMILES string of the molecule is NCO.NCO.NCO.NCO.NCO.NCO.NCO.NCO.NCO.O. The third kappa shape index (κ3) is 25700. The summed E-state index contributed by atoms with van der Waals surface area (Å²) in [4.78, 5) is 0. The maximum atomic E-state index is 7.35. The van der Waals surface area contributed by atoms with Crippen molar-refractivity contribution in [2.24, 2.45) is 51.6 Å². The topological polar surface area (TPSA) is 448 Å². The monoisotopic (exact) mass is 441 g/mol. The van der Waals surface area contributed by atoms with Crippen LogP contribution in [0.2, 0.25) is 0 Å².